The van der Waals surface area contributed by atoms with Crippen LogP contribution in [0.25, 0.3) is 10.2 Å². The van der Waals surface area contributed by atoms with Crippen molar-refractivity contribution in [3.05, 3.63) is 32.3 Å². The van der Waals surface area contributed by atoms with Crippen LogP contribution in [0, 0.1) is 0 Å². The van der Waals surface area contributed by atoms with Gasteiger partial charge in [-0.1, -0.05) is 0 Å². The van der Waals surface area contributed by atoms with E-state index in [9.17, 15) is 14.4 Å². The van der Waals surface area contributed by atoms with Crippen LogP contribution in [0.1, 0.15) is 0 Å². The summed E-state index contributed by atoms with van der Waals surface area (Å²) in [4.78, 5) is 34.3. The summed E-state index contributed by atoms with van der Waals surface area (Å²) in [5.74, 6) is -0.617. The zero-order valence-electron chi connectivity index (χ0n) is 8.47. The molecule has 6 nitrogen and oxygen atoms in total. The summed E-state index contributed by atoms with van der Waals surface area (Å²) >= 11 is 1.23. The minimum atomic E-state index is -0.617. The summed E-state index contributed by atoms with van der Waals surface area (Å²) in [6.07, 6.45) is 0. The Balaban J connectivity index is 2.91. The summed E-state index contributed by atoms with van der Waals surface area (Å²) in [6, 6.07) is 1.63. The van der Waals surface area contributed by atoms with E-state index in [2.05, 4.69) is 0 Å². The van der Waals surface area contributed by atoms with Crippen molar-refractivity contribution in [2.24, 2.45) is 12.8 Å². The number of nitrogens with zero attached hydrogens (tertiary/aromatic N) is 2. The number of thiophene rings is 1. The molecule has 0 aliphatic carbocycles. The quantitative estimate of drug-likeness (QED) is 0.747. The van der Waals surface area contributed by atoms with Crippen molar-refractivity contribution in [3.8, 4) is 0 Å². The number of nitrogens with two attached hydrogens (primary N) is 1. The van der Waals surface area contributed by atoms with Crippen molar-refractivity contribution in [1.82, 2.24) is 9.13 Å². The maximum atomic E-state index is 11.8. The highest BCUT2D eigenvalue weighted by Crippen LogP contribution is 2.14. The molecule has 0 aromatic carbocycles. The van der Waals surface area contributed by atoms with Crippen LogP contribution in [0.15, 0.2) is 21.0 Å². The van der Waals surface area contributed by atoms with Gasteiger partial charge < -0.3 is 5.73 Å². The number of hydrogen-bond donors (Lipinski definition) is 1. The van der Waals surface area contributed by atoms with E-state index in [0.717, 1.165) is 4.57 Å². The van der Waals surface area contributed by atoms with Crippen molar-refractivity contribution in [1.29, 1.82) is 0 Å². The number of amides is 1. The molecule has 0 radical (unpaired) electrons. The molecule has 0 fully saturated rings. The van der Waals surface area contributed by atoms with E-state index in [4.69, 9.17) is 5.73 Å². The Morgan fingerprint density at radius 3 is 2.81 bits per heavy atom. The first-order valence-corrected chi connectivity index (χ1v) is 5.35. The third-order valence-corrected chi connectivity index (χ3v) is 3.16. The van der Waals surface area contributed by atoms with Gasteiger partial charge in [0.2, 0.25) is 5.91 Å². The number of carbonyl (C=O) groups excluding carboxylic acids is 1. The highest BCUT2D eigenvalue weighted by Gasteiger charge is 2.12. The summed E-state index contributed by atoms with van der Waals surface area (Å²) in [6.45, 7) is -0.222. The SMILES string of the molecule is Cn1c(=O)c2sccc2n(CC(N)=O)c1=O. The number of aromatic nitrogens is 2. The second kappa shape index (κ2) is 3.60. The molecule has 0 aliphatic rings. The zero-order chi connectivity index (χ0) is 11.9. The largest absolute Gasteiger partial charge is 0.368 e. The Labute approximate surface area is 93.5 Å². The molecular formula is C9H9N3O3S. The van der Waals surface area contributed by atoms with Crippen LogP contribution in [0.4, 0.5) is 0 Å². The molecule has 0 saturated carbocycles. The van der Waals surface area contributed by atoms with Gasteiger partial charge in [-0.25, -0.2) is 4.79 Å². The first-order valence-electron chi connectivity index (χ1n) is 4.47. The summed E-state index contributed by atoms with van der Waals surface area (Å²) in [5, 5.41) is 1.70. The molecule has 16 heavy (non-hydrogen) atoms. The molecule has 0 bridgehead atoms. The smallest absolute Gasteiger partial charge is 0.331 e. The van der Waals surface area contributed by atoms with Crippen LogP contribution in [-0.2, 0) is 18.4 Å². The van der Waals surface area contributed by atoms with Crippen molar-refractivity contribution >= 4 is 27.5 Å². The number of fused-ring (bicyclic) bond motifs is 1. The van der Waals surface area contributed by atoms with E-state index in [0.29, 0.717) is 10.2 Å². The lowest BCUT2D eigenvalue weighted by Gasteiger charge is -2.06. The van der Waals surface area contributed by atoms with Crippen LogP contribution in [0.5, 0.6) is 0 Å². The number of primary amides is 1. The van der Waals surface area contributed by atoms with Crippen LogP contribution in [0.3, 0.4) is 0 Å². The molecule has 84 valence electrons. The maximum absolute atomic E-state index is 11.8. The van der Waals surface area contributed by atoms with E-state index in [1.54, 1.807) is 11.4 Å². The summed E-state index contributed by atoms with van der Waals surface area (Å²) < 4.78 is 2.63. The molecule has 2 aromatic heterocycles. The van der Waals surface area contributed by atoms with Crippen molar-refractivity contribution in [2.75, 3.05) is 0 Å². The standard InChI is InChI=1S/C9H9N3O3S/c1-11-8(14)7-5(2-3-16-7)12(9(11)15)4-6(10)13/h2-3H,4H2,1H3,(H2,10,13). The van der Waals surface area contributed by atoms with E-state index in [1.807, 2.05) is 0 Å². The predicted molar refractivity (Wildman–Crippen MR) is 60.5 cm³/mol. The molecule has 2 heterocycles. The molecule has 0 saturated heterocycles. The summed E-state index contributed by atoms with van der Waals surface area (Å²) in [5.41, 5.74) is 4.63. The van der Waals surface area contributed by atoms with Gasteiger partial charge in [0.1, 0.15) is 11.2 Å². The van der Waals surface area contributed by atoms with E-state index in [1.165, 1.54) is 23.0 Å². The van der Waals surface area contributed by atoms with Crippen molar-refractivity contribution < 1.29 is 4.79 Å². The second-order valence-electron chi connectivity index (χ2n) is 3.33. The normalized spacial score (nSPS) is 10.8. The Morgan fingerprint density at radius 2 is 2.19 bits per heavy atom. The van der Waals surface area contributed by atoms with Crippen LogP contribution in [0.2, 0.25) is 0 Å². The fraction of sp³-hybridized carbons (Fsp3) is 0.222. The first-order chi connectivity index (χ1) is 7.52. The third-order valence-electron chi connectivity index (χ3n) is 2.27. The molecule has 0 aliphatic heterocycles. The number of hydrogen-bond acceptors (Lipinski definition) is 4. The molecule has 0 spiro atoms. The van der Waals surface area contributed by atoms with Gasteiger partial charge in [0.25, 0.3) is 5.56 Å². The number of rotatable bonds is 2. The highest BCUT2D eigenvalue weighted by atomic mass is 32.1. The summed E-state index contributed by atoms with van der Waals surface area (Å²) in [7, 11) is 1.38. The molecule has 2 rings (SSSR count). The Morgan fingerprint density at radius 1 is 1.50 bits per heavy atom. The monoisotopic (exact) mass is 239 g/mol. The van der Waals surface area contributed by atoms with Crippen molar-refractivity contribution in [3.63, 3.8) is 0 Å². The average Bonchev–Trinajstić information content (AvgIpc) is 2.69. The van der Waals surface area contributed by atoms with Crippen LogP contribution in [-0.4, -0.2) is 15.0 Å². The fourth-order valence-electron chi connectivity index (χ4n) is 1.51. The maximum Gasteiger partial charge on any atom is 0.331 e. The highest BCUT2D eigenvalue weighted by molar-refractivity contribution is 7.17. The topological polar surface area (TPSA) is 87.1 Å². The first kappa shape index (κ1) is 10.6. The van der Waals surface area contributed by atoms with Crippen LogP contribution >= 0.6 is 11.3 Å². The minimum absolute atomic E-state index is 0.222. The Hall–Kier alpha value is -1.89. The fourth-order valence-corrected chi connectivity index (χ4v) is 2.38. The molecular weight excluding hydrogens is 230 g/mol. The third kappa shape index (κ3) is 1.45. The zero-order valence-corrected chi connectivity index (χ0v) is 9.28. The van der Waals surface area contributed by atoms with Gasteiger partial charge in [-0.2, -0.15) is 0 Å². The van der Waals surface area contributed by atoms with E-state index >= 15 is 0 Å². The Bertz CT molecular complexity index is 679. The molecule has 0 atom stereocenters. The van der Waals surface area contributed by atoms with E-state index < -0.39 is 11.6 Å². The van der Waals surface area contributed by atoms with Gasteiger partial charge in [0.05, 0.1) is 5.52 Å². The molecule has 7 heteroatoms. The van der Waals surface area contributed by atoms with Gasteiger partial charge in [0, 0.05) is 7.05 Å². The molecule has 0 unspecified atom stereocenters. The average molecular weight is 239 g/mol. The van der Waals surface area contributed by atoms with Gasteiger partial charge in [0.15, 0.2) is 0 Å². The van der Waals surface area contributed by atoms with Crippen LogP contribution < -0.4 is 17.0 Å². The predicted octanol–water partition coefficient (Wildman–Crippen LogP) is -0.753. The van der Waals surface area contributed by atoms with Crippen molar-refractivity contribution in [2.45, 2.75) is 6.54 Å². The van der Waals surface area contributed by atoms with Gasteiger partial charge in [-0.3, -0.25) is 18.7 Å². The molecule has 2 aromatic rings. The second-order valence-corrected chi connectivity index (χ2v) is 4.25. The van der Waals surface area contributed by atoms with E-state index in [-0.39, 0.29) is 12.1 Å². The Kier molecular flexibility index (Phi) is 2.39. The van der Waals surface area contributed by atoms with Gasteiger partial charge in [-0.15, -0.1) is 11.3 Å². The lowest BCUT2D eigenvalue weighted by Crippen LogP contribution is -2.39. The lowest BCUT2D eigenvalue weighted by atomic mass is 10.4. The molecule has 2 N–H and O–H groups in total. The minimum Gasteiger partial charge on any atom is -0.368 e. The molecule has 1 amide bonds. The van der Waals surface area contributed by atoms with Gasteiger partial charge >= 0.3 is 5.69 Å². The lowest BCUT2D eigenvalue weighted by molar-refractivity contribution is -0.118. The van der Waals surface area contributed by atoms with Gasteiger partial charge in [-0.05, 0) is 11.4 Å². The number of carbonyl (C=O) groups is 1.